The second-order valence-electron chi connectivity index (χ2n) is 6.55. The van der Waals surface area contributed by atoms with Gasteiger partial charge in [0, 0.05) is 5.69 Å². The van der Waals surface area contributed by atoms with Crippen molar-refractivity contribution in [2.24, 2.45) is 5.14 Å². The standard InChI is InChI=1S/C22H20N2O6S/c1-15(21(25)24-17-10-12-20(13-11-17)31(23,27)28)29-22(26)16-6-5-9-19(14-16)30-18-7-3-2-4-8-18/h2-15H,1H3,(H,24,25)(H2,23,27,28). The molecule has 3 N–H and O–H groups in total. The summed E-state index contributed by atoms with van der Waals surface area (Å²) in [6.45, 7) is 1.43. The maximum atomic E-state index is 12.4. The summed E-state index contributed by atoms with van der Waals surface area (Å²) in [6.07, 6.45) is -1.09. The van der Waals surface area contributed by atoms with Gasteiger partial charge in [-0.15, -0.1) is 0 Å². The Balaban J connectivity index is 1.61. The number of rotatable bonds is 7. The number of primary sulfonamides is 1. The van der Waals surface area contributed by atoms with Crippen LogP contribution in [0.15, 0.2) is 83.8 Å². The number of carbonyl (C=O) groups excluding carboxylic acids is 2. The summed E-state index contributed by atoms with van der Waals surface area (Å²) in [5.41, 5.74) is 0.559. The van der Waals surface area contributed by atoms with E-state index >= 15 is 0 Å². The fourth-order valence-corrected chi connectivity index (χ4v) is 3.08. The zero-order chi connectivity index (χ0) is 22.4. The molecule has 3 aromatic rings. The molecule has 0 aliphatic heterocycles. The molecule has 1 amide bonds. The molecule has 1 unspecified atom stereocenters. The summed E-state index contributed by atoms with van der Waals surface area (Å²) >= 11 is 0. The van der Waals surface area contributed by atoms with Crippen molar-refractivity contribution in [1.82, 2.24) is 0 Å². The van der Waals surface area contributed by atoms with Crippen molar-refractivity contribution < 1.29 is 27.5 Å². The molecule has 0 spiro atoms. The number of sulfonamides is 1. The summed E-state index contributed by atoms with van der Waals surface area (Å²) in [6, 6.07) is 20.8. The van der Waals surface area contributed by atoms with Gasteiger partial charge in [-0.25, -0.2) is 18.4 Å². The average molecular weight is 440 g/mol. The summed E-state index contributed by atoms with van der Waals surface area (Å²) in [5.74, 6) is -0.193. The van der Waals surface area contributed by atoms with Gasteiger partial charge in [-0.3, -0.25) is 4.79 Å². The molecule has 3 aromatic carbocycles. The van der Waals surface area contributed by atoms with Crippen molar-refractivity contribution in [3.63, 3.8) is 0 Å². The van der Waals surface area contributed by atoms with E-state index in [0.29, 0.717) is 17.2 Å². The number of ether oxygens (including phenoxy) is 2. The lowest BCUT2D eigenvalue weighted by Crippen LogP contribution is -2.30. The van der Waals surface area contributed by atoms with Gasteiger partial charge in [0.1, 0.15) is 11.5 Å². The van der Waals surface area contributed by atoms with Crippen LogP contribution in [-0.4, -0.2) is 26.4 Å². The van der Waals surface area contributed by atoms with Crippen molar-refractivity contribution in [1.29, 1.82) is 0 Å². The van der Waals surface area contributed by atoms with Gasteiger partial charge in [0.25, 0.3) is 5.91 Å². The molecule has 0 heterocycles. The van der Waals surface area contributed by atoms with Gasteiger partial charge in [0.15, 0.2) is 6.10 Å². The van der Waals surface area contributed by atoms with E-state index in [4.69, 9.17) is 14.6 Å². The molecule has 0 aromatic heterocycles. The van der Waals surface area contributed by atoms with E-state index in [-0.39, 0.29) is 10.5 Å². The molecule has 9 heteroatoms. The fourth-order valence-electron chi connectivity index (χ4n) is 2.57. The van der Waals surface area contributed by atoms with Crippen LogP contribution in [0.1, 0.15) is 17.3 Å². The van der Waals surface area contributed by atoms with Gasteiger partial charge < -0.3 is 14.8 Å². The average Bonchev–Trinajstić information content (AvgIpc) is 2.74. The van der Waals surface area contributed by atoms with Crippen LogP contribution in [0.25, 0.3) is 0 Å². The Kier molecular flexibility index (Phi) is 6.68. The Morgan fingerprint density at radius 1 is 0.903 bits per heavy atom. The molecule has 0 bridgehead atoms. The van der Waals surface area contributed by atoms with Gasteiger partial charge in [0.05, 0.1) is 10.5 Å². The van der Waals surface area contributed by atoms with Crippen LogP contribution < -0.4 is 15.2 Å². The molecule has 1 atom stereocenters. The third-order valence-electron chi connectivity index (χ3n) is 4.15. The summed E-state index contributed by atoms with van der Waals surface area (Å²) in [7, 11) is -3.83. The highest BCUT2D eigenvalue weighted by atomic mass is 32.2. The first-order valence-electron chi connectivity index (χ1n) is 9.20. The highest BCUT2D eigenvalue weighted by Gasteiger charge is 2.20. The van der Waals surface area contributed by atoms with E-state index in [2.05, 4.69) is 5.32 Å². The van der Waals surface area contributed by atoms with E-state index in [0.717, 1.165) is 0 Å². The van der Waals surface area contributed by atoms with Crippen LogP contribution in [0.4, 0.5) is 5.69 Å². The molecule has 31 heavy (non-hydrogen) atoms. The van der Waals surface area contributed by atoms with Crippen molar-refractivity contribution in [2.45, 2.75) is 17.9 Å². The summed E-state index contributed by atoms with van der Waals surface area (Å²) in [5, 5.41) is 7.58. The zero-order valence-corrected chi connectivity index (χ0v) is 17.3. The SMILES string of the molecule is CC(OC(=O)c1cccc(Oc2ccccc2)c1)C(=O)Nc1ccc(S(N)(=O)=O)cc1. The second kappa shape index (κ2) is 9.41. The lowest BCUT2D eigenvalue weighted by atomic mass is 10.2. The Bertz CT molecular complexity index is 1180. The van der Waals surface area contributed by atoms with E-state index in [1.54, 1.807) is 30.3 Å². The Morgan fingerprint density at radius 2 is 1.55 bits per heavy atom. The van der Waals surface area contributed by atoms with Crippen molar-refractivity contribution >= 4 is 27.6 Å². The van der Waals surface area contributed by atoms with E-state index < -0.39 is 28.0 Å². The Morgan fingerprint density at radius 3 is 2.19 bits per heavy atom. The highest BCUT2D eigenvalue weighted by molar-refractivity contribution is 7.89. The maximum absolute atomic E-state index is 12.4. The number of nitrogens with two attached hydrogens (primary N) is 1. The number of hydrogen-bond donors (Lipinski definition) is 2. The van der Waals surface area contributed by atoms with E-state index in [1.807, 2.05) is 18.2 Å². The first-order valence-corrected chi connectivity index (χ1v) is 10.7. The summed E-state index contributed by atoms with van der Waals surface area (Å²) < 4.78 is 33.5. The quantitative estimate of drug-likeness (QED) is 0.543. The minimum Gasteiger partial charge on any atom is -0.457 e. The van der Waals surface area contributed by atoms with Gasteiger partial charge in [-0.1, -0.05) is 24.3 Å². The summed E-state index contributed by atoms with van der Waals surface area (Å²) in [4.78, 5) is 24.7. The minimum atomic E-state index is -3.83. The van der Waals surface area contributed by atoms with Crippen LogP contribution >= 0.6 is 0 Å². The zero-order valence-electron chi connectivity index (χ0n) is 16.5. The van der Waals surface area contributed by atoms with Crippen LogP contribution in [-0.2, 0) is 19.6 Å². The monoisotopic (exact) mass is 440 g/mol. The smallest absolute Gasteiger partial charge is 0.339 e. The molecule has 0 aliphatic rings. The molecule has 0 saturated carbocycles. The largest absolute Gasteiger partial charge is 0.457 e. The number of hydrogen-bond acceptors (Lipinski definition) is 6. The molecule has 0 fully saturated rings. The molecular formula is C22H20N2O6S. The topological polar surface area (TPSA) is 125 Å². The van der Waals surface area contributed by atoms with Crippen LogP contribution in [0.3, 0.4) is 0 Å². The number of anilines is 1. The predicted octanol–water partition coefficient (Wildman–Crippen LogP) is 3.31. The number of nitrogens with one attached hydrogen (secondary N) is 1. The molecule has 0 saturated heterocycles. The van der Waals surface area contributed by atoms with Crippen molar-refractivity contribution in [3.8, 4) is 11.5 Å². The Hall–Kier alpha value is -3.69. The molecule has 0 aliphatic carbocycles. The van der Waals surface area contributed by atoms with Gasteiger partial charge in [-0.2, -0.15) is 0 Å². The third kappa shape index (κ3) is 6.14. The molecule has 8 nitrogen and oxygen atoms in total. The number of esters is 1. The number of amides is 1. The number of para-hydroxylation sites is 1. The molecular weight excluding hydrogens is 420 g/mol. The lowest BCUT2D eigenvalue weighted by molar-refractivity contribution is -0.123. The normalized spacial score (nSPS) is 11.9. The van der Waals surface area contributed by atoms with Crippen LogP contribution in [0, 0.1) is 0 Å². The molecule has 0 radical (unpaired) electrons. The van der Waals surface area contributed by atoms with Crippen molar-refractivity contribution in [3.05, 3.63) is 84.4 Å². The van der Waals surface area contributed by atoms with Gasteiger partial charge in [-0.05, 0) is 61.5 Å². The van der Waals surface area contributed by atoms with Crippen molar-refractivity contribution in [2.75, 3.05) is 5.32 Å². The number of benzene rings is 3. The van der Waals surface area contributed by atoms with Gasteiger partial charge in [0.2, 0.25) is 10.0 Å². The maximum Gasteiger partial charge on any atom is 0.339 e. The van der Waals surface area contributed by atoms with Crippen LogP contribution in [0.5, 0.6) is 11.5 Å². The Labute approximate surface area is 179 Å². The lowest BCUT2D eigenvalue weighted by Gasteiger charge is -2.14. The first-order chi connectivity index (χ1) is 14.7. The number of carbonyl (C=O) groups is 2. The fraction of sp³-hybridized carbons (Fsp3) is 0.0909. The first kappa shape index (κ1) is 22.0. The van der Waals surface area contributed by atoms with E-state index in [1.165, 1.54) is 37.3 Å². The van der Waals surface area contributed by atoms with E-state index in [9.17, 15) is 18.0 Å². The molecule has 3 rings (SSSR count). The minimum absolute atomic E-state index is 0.0809. The van der Waals surface area contributed by atoms with Crippen LogP contribution in [0.2, 0.25) is 0 Å². The third-order valence-corrected chi connectivity index (χ3v) is 5.08. The molecule has 160 valence electrons. The highest BCUT2D eigenvalue weighted by Crippen LogP contribution is 2.22. The van der Waals surface area contributed by atoms with Gasteiger partial charge >= 0.3 is 5.97 Å². The second-order valence-corrected chi connectivity index (χ2v) is 8.11. The predicted molar refractivity (Wildman–Crippen MR) is 114 cm³/mol.